The van der Waals surface area contributed by atoms with E-state index in [1.54, 1.807) is 11.8 Å². The van der Waals surface area contributed by atoms with Crippen LogP contribution in [-0.2, 0) is 6.42 Å². The molecule has 1 aliphatic rings. The normalized spacial score (nSPS) is 13.8. The first-order chi connectivity index (χ1) is 10.4. The third kappa shape index (κ3) is 3.49. The number of hydrogen-bond acceptors (Lipinski definition) is 5. The summed E-state index contributed by atoms with van der Waals surface area (Å²) in [7, 11) is 0. The molecule has 0 spiro atoms. The lowest BCUT2D eigenvalue weighted by atomic mass is 10.2. The highest BCUT2D eigenvalue weighted by Gasteiger charge is 2.12. The van der Waals surface area contributed by atoms with Gasteiger partial charge in [-0.3, -0.25) is 0 Å². The summed E-state index contributed by atoms with van der Waals surface area (Å²) in [4.78, 5) is 5.55. The fourth-order valence-electron chi connectivity index (χ4n) is 2.18. The summed E-state index contributed by atoms with van der Waals surface area (Å²) in [6.45, 7) is 2.03. The Morgan fingerprint density at radius 2 is 2.00 bits per heavy atom. The molecule has 3 rings (SSSR count). The van der Waals surface area contributed by atoms with Gasteiger partial charge in [0.15, 0.2) is 11.5 Å². The van der Waals surface area contributed by atoms with Gasteiger partial charge in [0, 0.05) is 17.5 Å². The molecule has 1 aromatic carbocycles. The number of nitrogens with zero attached hydrogens (tertiary/aromatic N) is 1. The second-order valence-electron chi connectivity index (χ2n) is 4.77. The molecule has 2 aromatic rings. The van der Waals surface area contributed by atoms with Crippen molar-refractivity contribution in [1.82, 2.24) is 4.98 Å². The third-order valence-corrected chi connectivity index (χ3v) is 4.25. The molecular weight excluding hydrogens is 284 g/mol. The van der Waals surface area contributed by atoms with E-state index in [1.165, 1.54) is 5.56 Å². The lowest BCUT2D eigenvalue weighted by molar-refractivity contribution is 0.297. The Morgan fingerprint density at radius 1 is 1.14 bits per heavy atom. The first-order valence-corrected chi connectivity index (χ1v) is 7.90. The fourth-order valence-corrected chi connectivity index (χ4v) is 3.12. The van der Waals surface area contributed by atoms with E-state index in [4.69, 9.17) is 15.2 Å². The summed E-state index contributed by atoms with van der Waals surface area (Å²) in [6, 6.07) is 10.0. The van der Waals surface area contributed by atoms with Gasteiger partial charge in [-0.2, -0.15) is 0 Å². The van der Waals surface area contributed by atoms with Crippen LogP contribution in [0.4, 0.5) is 0 Å². The van der Waals surface area contributed by atoms with Gasteiger partial charge < -0.3 is 15.2 Å². The van der Waals surface area contributed by atoms with Crippen LogP contribution in [0.15, 0.2) is 46.5 Å². The number of pyridine rings is 1. The predicted octanol–water partition coefficient (Wildman–Crippen LogP) is 2.90. The molecule has 0 fully saturated rings. The van der Waals surface area contributed by atoms with Gasteiger partial charge in [0.25, 0.3) is 0 Å². The molecule has 5 heteroatoms. The molecule has 2 N–H and O–H groups in total. The highest BCUT2D eigenvalue weighted by molar-refractivity contribution is 7.99. The van der Waals surface area contributed by atoms with Crippen LogP contribution in [-0.4, -0.2) is 24.7 Å². The second-order valence-corrected chi connectivity index (χ2v) is 5.83. The van der Waals surface area contributed by atoms with Gasteiger partial charge in [-0.25, -0.2) is 4.98 Å². The predicted molar refractivity (Wildman–Crippen MR) is 83.2 cm³/mol. The van der Waals surface area contributed by atoms with Crippen LogP contribution >= 0.6 is 11.8 Å². The topological polar surface area (TPSA) is 57.4 Å². The molecule has 0 bridgehead atoms. The molecule has 2 heterocycles. The van der Waals surface area contributed by atoms with E-state index >= 15 is 0 Å². The maximum absolute atomic E-state index is 5.73. The zero-order valence-corrected chi connectivity index (χ0v) is 12.6. The van der Waals surface area contributed by atoms with Crippen molar-refractivity contribution < 1.29 is 9.47 Å². The third-order valence-electron chi connectivity index (χ3n) is 3.20. The number of ether oxygens (including phenoxy) is 2. The van der Waals surface area contributed by atoms with E-state index < -0.39 is 0 Å². The number of benzene rings is 1. The van der Waals surface area contributed by atoms with Crippen LogP contribution in [0.3, 0.4) is 0 Å². The van der Waals surface area contributed by atoms with Gasteiger partial charge in [-0.05, 0) is 42.8 Å². The molecule has 110 valence electrons. The average molecular weight is 302 g/mol. The Balaban J connectivity index is 1.83. The number of nitrogens with two attached hydrogens (primary N) is 1. The van der Waals surface area contributed by atoms with E-state index in [0.717, 1.165) is 34.3 Å². The minimum Gasteiger partial charge on any atom is -0.490 e. The molecule has 0 radical (unpaired) electrons. The van der Waals surface area contributed by atoms with Gasteiger partial charge in [0.1, 0.15) is 5.03 Å². The summed E-state index contributed by atoms with van der Waals surface area (Å²) in [6.07, 6.45) is 3.56. The largest absolute Gasteiger partial charge is 0.490 e. The van der Waals surface area contributed by atoms with Crippen molar-refractivity contribution in [3.05, 3.63) is 42.1 Å². The van der Waals surface area contributed by atoms with Gasteiger partial charge in [-0.1, -0.05) is 17.8 Å². The fraction of sp³-hybridized carbons (Fsp3) is 0.312. The van der Waals surface area contributed by atoms with Crippen molar-refractivity contribution in [1.29, 1.82) is 0 Å². The Bertz CT molecular complexity index is 619. The molecule has 4 nitrogen and oxygen atoms in total. The summed E-state index contributed by atoms with van der Waals surface area (Å²) in [5, 5.41) is 0.998. The highest BCUT2D eigenvalue weighted by atomic mass is 32.2. The minimum absolute atomic E-state index is 0.625. The Hall–Kier alpha value is -1.72. The molecule has 0 saturated heterocycles. The maximum atomic E-state index is 5.73. The monoisotopic (exact) mass is 302 g/mol. The van der Waals surface area contributed by atoms with E-state index in [9.17, 15) is 0 Å². The van der Waals surface area contributed by atoms with Gasteiger partial charge in [0.2, 0.25) is 0 Å². The molecule has 0 saturated carbocycles. The zero-order chi connectivity index (χ0) is 14.5. The van der Waals surface area contributed by atoms with Crippen LogP contribution in [0.1, 0.15) is 12.0 Å². The summed E-state index contributed by atoms with van der Waals surface area (Å²) >= 11 is 1.63. The van der Waals surface area contributed by atoms with E-state index in [1.807, 2.05) is 30.5 Å². The lowest BCUT2D eigenvalue weighted by Gasteiger charge is -2.10. The van der Waals surface area contributed by atoms with Crippen molar-refractivity contribution in [2.75, 3.05) is 19.8 Å². The maximum Gasteiger partial charge on any atom is 0.162 e. The molecular formula is C16H18N2O2S. The molecule has 0 amide bonds. The molecule has 1 aliphatic heterocycles. The van der Waals surface area contributed by atoms with Crippen molar-refractivity contribution in [2.45, 2.75) is 22.8 Å². The first kappa shape index (κ1) is 14.2. The summed E-state index contributed by atoms with van der Waals surface area (Å²) in [5.41, 5.74) is 6.84. The van der Waals surface area contributed by atoms with Gasteiger partial charge in [-0.15, -0.1) is 0 Å². The van der Waals surface area contributed by atoms with E-state index in [2.05, 4.69) is 11.1 Å². The van der Waals surface area contributed by atoms with Crippen molar-refractivity contribution in [2.24, 2.45) is 5.73 Å². The van der Waals surface area contributed by atoms with Crippen molar-refractivity contribution in [3.63, 3.8) is 0 Å². The average Bonchev–Trinajstić information content (AvgIpc) is 2.74. The van der Waals surface area contributed by atoms with Crippen LogP contribution < -0.4 is 15.2 Å². The number of aromatic nitrogens is 1. The molecule has 0 aliphatic carbocycles. The molecule has 0 atom stereocenters. The number of rotatable bonds is 4. The van der Waals surface area contributed by atoms with Gasteiger partial charge in [0.05, 0.1) is 13.2 Å². The molecule has 0 unspecified atom stereocenters. The smallest absolute Gasteiger partial charge is 0.162 e. The van der Waals surface area contributed by atoms with Crippen molar-refractivity contribution >= 4 is 11.8 Å². The van der Waals surface area contributed by atoms with Crippen LogP contribution in [0.5, 0.6) is 11.5 Å². The van der Waals surface area contributed by atoms with E-state index in [-0.39, 0.29) is 0 Å². The van der Waals surface area contributed by atoms with Crippen LogP contribution in [0, 0.1) is 0 Å². The minimum atomic E-state index is 0.625. The Labute approximate surface area is 128 Å². The SMILES string of the molecule is NCCc1cccnc1Sc1ccc2c(c1)OCCCO2. The Morgan fingerprint density at radius 3 is 2.86 bits per heavy atom. The molecule has 1 aromatic heterocycles. The first-order valence-electron chi connectivity index (χ1n) is 7.08. The van der Waals surface area contributed by atoms with Crippen LogP contribution in [0.2, 0.25) is 0 Å². The zero-order valence-electron chi connectivity index (χ0n) is 11.7. The number of fused-ring (bicyclic) bond motifs is 1. The van der Waals surface area contributed by atoms with E-state index in [0.29, 0.717) is 19.8 Å². The standard InChI is InChI=1S/C16H18N2O2S/c17-7-6-12-3-1-8-18-16(12)21-13-4-5-14-15(11-13)20-10-2-9-19-14/h1,3-5,8,11H,2,6-7,9-10,17H2. The lowest BCUT2D eigenvalue weighted by Crippen LogP contribution is -2.04. The summed E-state index contributed by atoms with van der Waals surface area (Å²) < 4.78 is 11.4. The van der Waals surface area contributed by atoms with Gasteiger partial charge >= 0.3 is 0 Å². The summed E-state index contributed by atoms with van der Waals surface area (Å²) in [5.74, 6) is 1.63. The Kier molecular flexibility index (Phi) is 4.62. The number of hydrogen-bond donors (Lipinski definition) is 1. The second kappa shape index (κ2) is 6.83. The molecule has 21 heavy (non-hydrogen) atoms. The van der Waals surface area contributed by atoms with Crippen molar-refractivity contribution in [3.8, 4) is 11.5 Å². The highest BCUT2D eigenvalue weighted by Crippen LogP contribution is 2.36. The quantitative estimate of drug-likeness (QED) is 0.941. The van der Waals surface area contributed by atoms with Crippen LogP contribution in [0.25, 0.3) is 0 Å².